The molecule has 0 aliphatic heterocycles. The van der Waals surface area contributed by atoms with Crippen LogP contribution in [0.2, 0.25) is 0 Å². The van der Waals surface area contributed by atoms with E-state index >= 15 is 0 Å². The summed E-state index contributed by atoms with van der Waals surface area (Å²) in [6.45, 7) is 0. The molecular weight excluding hydrogens is 284 g/mol. The summed E-state index contributed by atoms with van der Waals surface area (Å²) in [5.74, 6) is 2.82. The van der Waals surface area contributed by atoms with E-state index in [0.29, 0.717) is 6.42 Å². The van der Waals surface area contributed by atoms with Crippen LogP contribution in [-0.4, -0.2) is 16.4 Å². The summed E-state index contributed by atoms with van der Waals surface area (Å²) in [4.78, 5) is 15.9. The highest BCUT2D eigenvalue weighted by Gasteiger charge is 2.51. The Kier molecular flexibility index (Phi) is 2.88. The van der Waals surface area contributed by atoms with E-state index in [1.807, 2.05) is 6.20 Å². The van der Waals surface area contributed by atoms with Crippen LogP contribution in [0, 0.1) is 17.8 Å². The van der Waals surface area contributed by atoms with Gasteiger partial charge in [0.15, 0.2) is 0 Å². The summed E-state index contributed by atoms with van der Waals surface area (Å²) in [6.07, 6.45) is 10.4. The number of aromatic amines is 1. The van der Waals surface area contributed by atoms with Crippen molar-refractivity contribution in [1.29, 1.82) is 0 Å². The van der Waals surface area contributed by atoms with Gasteiger partial charge in [0.05, 0.1) is 6.42 Å². The number of aromatic nitrogens is 1. The lowest BCUT2D eigenvalue weighted by molar-refractivity contribution is -0.126. The lowest BCUT2D eigenvalue weighted by Crippen LogP contribution is -2.60. The Morgan fingerprint density at radius 2 is 1.78 bits per heavy atom. The maximum atomic E-state index is 12.7. The summed E-state index contributed by atoms with van der Waals surface area (Å²) in [5, 5.41) is 4.67. The molecule has 6 rings (SSSR count). The summed E-state index contributed by atoms with van der Waals surface area (Å²) >= 11 is 0. The fraction of sp³-hybridized carbons (Fsp3) is 0.550. The molecule has 0 spiro atoms. The normalized spacial score (nSPS) is 34.9. The van der Waals surface area contributed by atoms with Gasteiger partial charge in [-0.2, -0.15) is 0 Å². The molecule has 3 nitrogen and oxygen atoms in total. The molecule has 4 aliphatic carbocycles. The first kappa shape index (κ1) is 13.6. The lowest BCUT2D eigenvalue weighted by atomic mass is 9.53. The van der Waals surface area contributed by atoms with E-state index in [-0.39, 0.29) is 11.4 Å². The van der Waals surface area contributed by atoms with E-state index in [1.165, 1.54) is 43.9 Å². The first-order chi connectivity index (χ1) is 11.2. The molecule has 1 amide bonds. The molecule has 2 N–H and O–H groups in total. The molecule has 0 unspecified atom stereocenters. The predicted molar refractivity (Wildman–Crippen MR) is 91.0 cm³/mol. The molecule has 4 bridgehead atoms. The topological polar surface area (TPSA) is 44.9 Å². The maximum Gasteiger partial charge on any atom is 0.224 e. The van der Waals surface area contributed by atoms with Gasteiger partial charge in [0.25, 0.3) is 0 Å². The molecule has 1 aromatic carbocycles. The molecule has 23 heavy (non-hydrogen) atoms. The van der Waals surface area contributed by atoms with Crippen LogP contribution in [0.15, 0.2) is 30.5 Å². The minimum atomic E-state index is 0.127. The van der Waals surface area contributed by atoms with E-state index in [0.717, 1.165) is 28.8 Å². The highest BCUT2D eigenvalue weighted by atomic mass is 16.1. The minimum Gasteiger partial charge on any atom is -0.361 e. The molecule has 1 aromatic heterocycles. The SMILES string of the molecule is O=C(Cc1ccc2cc[nH]c2c1)NC12CC3CC(CC(C3)C1)C2. The van der Waals surface area contributed by atoms with Crippen LogP contribution in [0.3, 0.4) is 0 Å². The van der Waals surface area contributed by atoms with Crippen molar-refractivity contribution in [3.05, 3.63) is 36.0 Å². The quantitative estimate of drug-likeness (QED) is 0.890. The summed E-state index contributed by atoms with van der Waals surface area (Å²) in [7, 11) is 0. The van der Waals surface area contributed by atoms with Crippen LogP contribution in [0.1, 0.15) is 44.1 Å². The zero-order chi connectivity index (χ0) is 15.4. The Morgan fingerprint density at radius 3 is 2.48 bits per heavy atom. The monoisotopic (exact) mass is 308 g/mol. The van der Waals surface area contributed by atoms with Gasteiger partial charge < -0.3 is 10.3 Å². The molecule has 4 fully saturated rings. The second kappa shape index (κ2) is 4.86. The number of amides is 1. The van der Waals surface area contributed by atoms with Crippen molar-refractivity contribution >= 4 is 16.8 Å². The van der Waals surface area contributed by atoms with E-state index in [1.54, 1.807) is 0 Å². The third kappa shape index (κ3) is 2.37. The van der Waals surface area contributed by atoms with Gasteiger partial charge in [0.1, 0.15) is 0 Å². The molecule has 4 aliphatic rings. The number of carbonyl (C=O) groups is 1. The van der Waals surface area contributed by atoms with Gasteiger partial charge in [0, 0.05) is 17.3 Å². The predicted octanol–water partition coefficient (Wildman–Crippen LogP) is 3.80. The van der Waals surface area contributed by atoms with Crippen LogP contribution in [0.4, 0.5) is 0 Å². The lowest BCUT2D eigenvalue weighted by Gasteiger charge is -2.56. The van der Waals surface area contributed by atoms with Gasteiger partial charge in [-0.1, -0.05) is 12.1 Å². The third-order valence-corrected chi connectivity index (χ3v) is 6.43. The van der Waals surface area contributed by atoms with Gasteiger partial charge in [-0.3, -0.25) is 4.79 Å². The summed E-state index contributed by atoms with van der Waals surface area (Å²) in [6, 6.07) is 8.35. The van der Waals surface area contributed by atoms with Crippen molar-refractivity contribution in [2.45, 2.75) is 50.5 Å². The second-order valence-corrected chi connectivity index (χ2v) is 8.32. The van der Waals surface area contributed by atoms with Gasteiger partial charge in [-0.25, -0.2) is 0 Å². The van der Waals surface area contributed by atoms with E-state index in [2.05, 4.69) is 34.6 Å². The summed E-state index contributed by atoms with van der Waals surface area (Å²) in [5.41, 5.74) is 2.34. The molecule has 0 radical (unpaired) electrons. The number of hydrogen-bond donors (Lipinski definition) is 2. The fourth-order valence-corrected chi connectivity index (χ4v) is 5.99. The zero-order valence-electron chi connectivity index (χ0n) is 13.5. The van der Waals surface area contributed by atoms with Crippen molar-refractivity contribution in [2.75, 3.05) is 0 Å². The van der Waals surface area contributed by atoms with Crippen molar-refractivity contribution in [3.63, 3.8) is 0 Å². The van der Waals surface area contributed by atoms with Crippen molar-refractivity contribution < 1.29 is 4.79 Å². The van der Waals surface area contributed by atoms with Gasteiger partial charge >= 0.3 is 0 Å². The first-order valence-corrected chi connectivity index (χ1v) is 9.04. The molecule has 4 saturated carbocycles. The van der Waals surface area contributed by atoms with E-state index < -0.39 is 0 Å². The van der Waals surface area contributed by atoms with Crippen LogP contribution < -0.4 is 5.32 Å². The number of nitrogens with one attached hydrogen (secondary N) is 2. The molecular formula is C20H24N2O. The second-order valence-electron chi connectivity index (χ2n) is 8.32. The van der Waals surface area contributed by atoms with E-state index in [9.17, 15) is 4.79 Å². The van der Waals surface area contributed by atoms with Crippen molar-refractivity contribution in [2.24, 2.45) is 17.8 Å². The first-order valence-electron chi connectivity index (χ1n) is 9.04. The summed E-state index contributed by atoms with van der Waals surface area (Å²) < 4.78 is 0. The minimum absolute atomic E-state index is 0.127. The third-order valence-electron chi connectivity index (χ3n) is 6.43. The Labute approximate surface area is 136 Å². The average molecular weight is 308 g/mol. The molecule has 120 valence electrons. The van der Waals surface area contributed by atoms with Crippen LogP contribution in [0.25, 0.3) is 10.9 Å². The fourth-order valence-electron chi connectivity index (χ4n) is 5.99. The number of H-pyrrole nitrogens is 1. The van der Waals surface area contributed by atoms with Crippen LogP contribution >= 0.6 is 0 Å². The highest BCUT2D eigenvalue weighted by molar-refractivity contribution is 5.83. The Morgan fingerprint density at radius 1 is 1.09 bits per heavy atom. The molecule has 0 atom stereocenters. The maximum absolute atomic E-state index is 12.7. The molecule has 0 saturated heterocycles. The van der Waals surface area contributed by atoms with Gasteiger partial charge in [-0.15, -0.1) is 0 Å². The van der Waals surface area contributed by atoms with E-state index in [4.69, 9.17) is 0 Å². The smallest absolute Gasteiger partial charge is 0.224 e. The van der Waals surface area contributed by atoms with Crippen LogP contribution in [0.5, 0.6) is 0 Å². The molecule has 2 aromatic rings. The van der Waals surface area contributed by atoms with Crippen LogP contribution in [-0.2, 0) is 11.2 Å². The number of carbonyl (C=O) groups excluding carboxylic acids is 1. The number of rotatable bonds is 3. The van der Waals surface area contributed by atoms with Crippen molar-refractivity contribution in [1.82, 2.24) is 10.3 Å². The Hall–Kier alpha value is -1.77. The largest absolute Gasteiger partial charge is 0.361 e. The molecule has 3 heteroatoms. The number of benzene rings is 1. The molecule has 1 heterocycles. The standard InChI is InChI=1S/C20H24N2O/c23-19(9-13-1-2-17-3-4-21-18(17)8-13)22-20-10-14-5-15(11-20)7-16(6-14)12-20/h1-4,8,14-16,21H,5-7,9-12H2,(H,22,23). The Bertz CT molecular complexity index is 725. The average Bonchev–Trinajstić information content (AvgIpc) is 2.92. The van der Waals surface area contributed by atoms with Gasteiger partial charge in [-0.05, 0) is 79.4 Å². The highest BCUT2D eigenvalue weighted by Crippen LogP contribution is 2.55. The van der Waals surface area contributed by atoms with Gasteiger partial charge in [0.2, 0.25) is 5.91 Å². The Balaban J connectivity index is 1.31. The number of hydrogen-bond acceptors (Lipinski definition) is 1. The zero-order valence-corrected chi connectivity index (χ0v) is 13.5. The van der Waals surface area contributed by atoms with Crippen molar-refractivity contribution in [3.8, 4) is 0 Å². The number of fused-ring (bicyclic) bond motifs is 1.